The van der Waals surface area contributed by atoms with Gasteiger partial charge in [0, 0.05) is 12.3 Å². The Kier molecular flexibility index (Phi) is 1.93. The summed E-state index contributed by atoms with van der Waals surface area (Å²) in [6.45, 7) is 1.85. The van der Waals surface area contributed by atoms with Crippen molar-refractivity contribution in [2.24, 2.45) is 5.92 Å². The fourth-order valence-electron chi connectivity index (χ4n) is 2.74. The van der Waals surface area contributed by atoms with Crippen LogP contribution in [0.15, 0.2) is 24.3 Å². The molecule has 1 fully saturated rings. The van der Waals surface area contributed by atoms with Gasteiger partial charge in [0.15, 0.2) is 5.72 Å². The lowest BCUT2D eigenvalue weighted by Crippen LogP contribution is -2.60. The zero-order chi connectivity index (χ0) is 12.0. The fourth-order valence-corrected chi connectivity index (χ4v) is 2.74. The van der Waals surface area contributed by atoms with Crippen LogP contribution in [0.25, 0.3) is 0 Å². The summed E-state index contributed by atoms with van der Waals surface area (Å²) in [6, 6.07) is 9.72. The van der Waals surface area contributed by atoms with Crippen molar-refractivity contribution in [1.82, 2.24) is 5.32 Å². The van der Waals surface area contributed by atoms with Crippen LogP contribution in [0.3, 0.4) is 0 Å². The number of amides is 1. The highest BCUT2D eigenvalue weighted by Crippen LogP contribution is 2.46. The van der Waals surface area contributed by atoms with Crippen molar-refractivity contribution in [3.8, 4) is 11.8 Å². The first kappa shape index (κ1) is 10.2. The molecular weight excluding hydrogens is 216 g/mol. The molecule has 4 heteroatoms. The number of hydrogen-bond donors (Lipinski definition) is 1. The molecule has 1 saturated heterocycles. The molecule has 2 heterocycles. The second-order valence-electron chi connectivity index (χ2n) is 4.78. The van der Waals surface area contributed by atoms with Crippen molar-refractivity contribution in [2.75, 3.05) is 0 Å². The lowest BCUT2D eigenvalue weighted by molar-refractivity contribution is -0.136. The number of fused-ring (bicyclic) bond motifs is 4. The van der Waals surface area contributed by atoms with E-state index in [1.54, 1.807) is 0 Å². The molecule has 0 aliphatic carbocycles. The van der Waals surface area contributed by atoms with E-state index in [4.69, 9.17) is 10.00 Å². The van der Waals surface area contributed by atoms with E-state index in [0.717, 1.165) is 11.3 Å². The molecule has 1 aromatic rings. The minimum Gasteiger partial charge on any atom is -0.468 e. The van der Waals surface area contributed by atoms with Crippen LogP contribution in [-0.2, 0) is 4.79 Å². The molecule has 1 N–H and O–H groups in total. The topological polar surface area (TPSA) is 62.1 Å². The van der Waals surface area contributed by atoms with Gasteiger partial charge in [-0.2, -0.15) is 5.26 Å². The van der Waals surface area contributed by atoms with Crippen molar-refractivity contribution in [2.45, 2.75) is 25.0 Å². The largest absolute Gasteiger partial charge is 0.468 e. The minimum atomic E-state index is -0.677. The number of piperidine rings is 1. The number of ether oxygens (including phenoxy) is 1. The first-order valence-corrected chi connectivity index (χ1v) is 5.62. The van der Waals surface area contributed by atoms with Crippen LogP contribution in [0.4, 0.5) is 0 Å². The summed E-state index contributed by atoms with van der Waals surface area (Å²) in [7, 11) is 0. The van der Waals surface area contributed by atoms with Crippen molar-refractivity contribution in [3.63, 3.8) is 0 Å². The molecule has 17 heavy (non-hydrogen) atoms. The Morgan fingerprint density at radius 3 is 3.06 bits per heavy atom. The van der Waals surface area contributed by atoms with E-state index in [1.165, 1.54) is 0 Å². The third-order valence-corrected chi connectivity index (χ3v) is 3.47. The average Bonchev–Trinajstić information content (AvgIpc) is 2.28. The second kappa shape index (κ2) is 3.24. The van der Waals surface area contributed by atoms with Gasteiger partial charge in [0.1, 0.15) is 11.7 Å². The van der Waals surface area contributed by atoms with Gasteiger partial charge in [-0.05, 0) is 18.6 Å². The van der Waals surface area contributed by atoms with Gasteiger partial charge in [-0.3, -0.25) is 4.79 Å². The Bertz CT molecular complexity index is 534. The number of para-hydroxylation sites is 1. The highest BCUT2D eigenvalue weighted by atomic mass is 16.5. The quantitative estimate of drug-likeness (QED) is 0.732. The average molecular weight is 228 g/mol. The molecule has 0 unspecified atom stereocenters. The van der Waals surface area contributed by atoms with E-state index >= 15 is 0 Å². The third kappa shape index (κ3) is 1.39. The van der Waals surface area contributed by atoms with Crippen LogP contribution in [-0.4, -0.2) is 11.6 Å². The third-order valence-electron chi connectivity index (χ3n) is 3.47. The molecular formula is C13H12N2O2. The minimum absolute atomic E-state index is 0.0660. The molecule has 0 radical (unpaired) electrons. The summed E-state index contributed by atoms with van der Waals surface area (Å²) in [5.41, 5.74) is 0.287. The summed E-state index contributed by atoms with van der Waals surface area (Å²) in [5, 5.41) is 11.9. The smallest absolute Gasteiger partial charge is 0.240 e. The Balaban J connectivity index is 2.15. The molecule has 86 valence electrons. The van der Waals surface area contributed by atoms with Crippen LogP contribution in [0.2, 0.25) is 0 Å². The lowest BCUT2D eigenvalue weighted by atomic mass is 9.75. The molecule has 3 rings (SSSR count). The number of nitrogens with one attached hydrogen (secondary N) is 1. The predicted octanol–water partition coefficient (Wildman–Crippen LogP) is 1.54. The lowest BCUT2D eigenvalue weighted by Gasteiger charge is -2.45. The van der Waals surface area contributed by atoms with Crippen LogP contribution in [0.5, 0.6) is 5.75 Å². The molecule has 0 saturated carbocycles. The molecule has 3 atom stereocenters. The SMILES string of the molecule is C[C@]12C[C@H](c3ccccc3O1)[C@@H](C#N)C(=O)N2. The van der Waals surface area contributed by atoms with Crippen LogP contribution < -0.4 is 10.1 Å². The monoisotopic (exact) mass is 228 g/mol. The molecule has 0 aromatic heterocycles. The van der Waals surface area contributed by atoms with E-state index in [-0.39, 0.29) is 11.8 Å². The maximum atomic E-state index is 11.8. The zero-order valence-corrected chi connectivity index (χ0v) is 9.43. The van der Waals surface area contributed by atoms with Crippen molar-refractivity contribution in [3.05, 3.63) is 29.8 Å². The summed E-state index contributed by atoms with van der Waals surface area (Å²) in [5.74, 6) is -0.149. The summed E-state index contributed by atoms with van der Waals surface area (Å²) in [4.78, 5) is 11.8. The van der Waals surface area contributed by atoms with Crippen LogP contribution in [0, 0.1) is 17.2 Å². The summed E-state index contributed by atoms with van der Waals surface area (Å²) >= 11 is 0. The van der Waals surface area contributed by atoms with Crippen molar-refractivity contribution in [1.29, 1.82) is 5.26 Å². The number of benzene rings is 1. The Labute approximate surface area is 99.2 Å². The number of carbonyl (C=O) groups excluding carboxylic acids is 1. The molecule has 1 amide bonds. The molecule has 4 nitrogen and oxygen atoms in total. The molecule has 0 spiro atoms. The maximum absolute atomic E-state index is 11.8. The Hall–Kier alpha value is -2.02. The number of rotatable bonds is 0. The van der Waals surface area contributed by atoms with Gasteiger partial charge in [-0.25, -0.2) is 0 Å². The van der Waals surface area contributed by atoms with Gasteiger partial charge in [-0.15, -0.1) is 0 Å². The van der Waals surface area contributed by atoms with Gasteiger partial charge in [0.25, 0.3) is 0 Å². The van der Waals surface area contributed by atoms with Gasteiger partial charge in [0.05, 0.1) is 6.07 Å². The van der Waals surface area contributed by atoms with Crippen molar-refractivity contribution >= 4 is 5.91 Å². The van der Waals surface area contributed by atoms with Gasteiger partial charge in [-0.1, -0.05) is 18.2 Å². The number of hydrogen-bond acceptors (Lipinski definition) is 3. The molecule has 2 aliphatic heterocycles. The maximum Gasteiger partial charge on any atom is 0.240 e. The van der Waals surface area contributed by atoms with Gasteiger partial charge >= 0.3 is 0 Å². The standard InChI is InChI=1S/C13H12N2O2/c1-13-6-9(10(7-14)12(16)15-13)8-4-2-3-5-11(8)17-13/h2-5,9-10H,6H2,1H3,(H,15,16)/t9-,10-,13-/m1/s1. The second-order valence-corrected chi connectivity index (χ2v) is 4.78. The summed E-state index contributed by atoms with van der Waals surface area (Å²) in [6.07, 6.45) is 0.647. The molecule has 1 aromatic carbocycles. The highest BCUT2D eigenvalue weighted by molar-refractivity contribution is 5.84. The predicted molar refractivity (Wildman–Crippen MR) is 60.1 cm³/mol. The first-order valence-electron chi connectivity index (χ1n) is 5.62. The van der Waals surface area contributed by atoms with Crippen LogP contribution in [0.1, 0.15) is 24.8 Å². The molecule has 2 bridgehead atoms. The van der Waals surface area contributed by atoms with E-state index in [9.17, 15) is 4.79 Å². The molecule has 2 aliphatic rings. The summed E-state index contributed by atoms with van der Waals surface area (Å²) < 4.78 is 5.81. The van der Waals surface area contributed by atoms with Gasteiger partial charge < -0.3 is 10.1 Å². The number of nitrogens with zero attached hydrogens (tertiary/aromatic N) is 1. The Morgan fingerprint density at radius 1 is 1.53 bits per heavy atom. The van der Waals surface area contributed by atoms with E-state index in [2.05, 4.69) is 11.4 Å². The Morgan fingerprint density at radius 2 is 2.29 bits per heavy atom. The van der Waals surface area contributed by atoms with Crippen LogP contribution >= 0.6 is 0 Å². The highest BCUT2D eigenvalue weighted by Gasteiger charge is 2.49. The normalized spacial score (nSPS) is 34.0. The number of carbonyl (C=O) groups is 1. The van der Waals surface area contributed by atoms with Crippen molar-refractivity contribution < 1.29 is 9.53 Å². The zero-order valence-electron chi connectivity index (χ0n) is 9.43. The first-order chi connectivity index (χ1) is 8.13. The van der Waals surface area contributed by atoms with E-state index in [1.807, 2.05) is 31.2 Å². The van der Waals surface area contributed by atoms with E-state index < -0.39 is 11.6 Å². The van der Waals surface area contributed by atoms with E-state index in [0.29, 0.717) is 6.42 Å². The fraction of sp³-hybridized carbons (Fsp3) is 0.385. The van der Waals surface area contributed by atoms with Gasteiger partial charge in [0.2, 0.25) is 5.91 Å². The number of nitriles is 1.